The maximum absolute atomic E-state index is 5.57. The van der Waals surface area contributed by atoms with Crippen LogP contribution in [0, 0.1) is 13.8 Å². The molecule has 0 unspecified atom stereocenters. The van der Waals surface area contributed by atoms with Crippen LogP contribution >= 0.6 is 24.0 Å². The number of nitrogens with zero attached hydrogens (tertiary/aromatic N) is 3. The van der Waals surface area contributed by atoms with Gasteiger partial charge in [0, 0.05) is 31.4 Å². The van der Waals surface area contributed by atoms with E-state index < -0.39 is 0 Å². The average molecular weight is 501 g/mol. The average Bonchev–Trinajstić information content (AvgIpc) is 2.90. The summed E-state index contributed by atoms with van der Waals surface area (Å²) in [6.07, 6.45) is 0. The Morgan fingerprint density at radius 2 is 1.93 bits per heavy atom. The van der Waals surface area contributed by atoms with E-state index in [0.717, 1.165) is 41.0 Å². The lowest BCUT2D eigenvalue weighted by Gasteiger charge is -2.13. The Hall–Kier alpha value is -1.97. The zero-order chi connectivity index (χ0) is 19.8. The van der Waals surface area contributed by atoms with Crippen molar-refractivity contribution in [3.8, 4) is 11.5 Å². The molecule has 0 saturated heterocycles. The molecule has 2 rings (SSSR count). The Morgan fingerprint density at radius 1 is 1.18 bits per heavy atom. The molecule has 8 heteroatoms. The maximum Gasteiger partial charge on any atom is 0.191 e. The van der Waals surface area contributed by atoms with Gasteiger partial charge in [-0.2, -0.15) is 5.10 Å². The molecule has 0 saturated carbocycles. The quantitative estimate of drug-likeness (QED) is 0.330. The summed E-state index contributed by atoms with van der Waals surface area (Å²) < 4.78 is 12.9. The predicted molar refractivity (Wildman–Crippen MR) is 124 cm³/mol. The molecule has 0 amide bonds. The molecule has 2 N–H and O–H groups in total. The highest BCUT2D eigenvalue weighted by molar-refractivity contribution is 14.0. The second-order valence-electron chi connectivity index (χ2n) is 6.24. The molecular formula is C20H32IN5O2. The smallest absolute Gasteiger partial charge is 0.191 e. The first-order chi connectivity index (χ1) is 13.0. The molecule has 156 valence electrons. The summed E-state index contributed by atoms with van der Waals surface area (Å²) in [5, 5.41) is 11.1. The molecule has 0 radical (unpaired) electrons. The third kappa shape index (κ3) is 6.29. The van der Waals surface area contributed by atoms with E-state index in [1.54, 1.807) is 7.11 Å². The molecular weight excluding hydrogens is 469 g/mol. The molecule has 0 atom stereocenters. The molecule has 7 nitrogen and oxygen atoms in total. The van der Waals surface area contributed by atoms with Crippen LogP contribution in [0.15, 0.2) is 23.2 Å². The number of methoxy groups -OCH3 is 1. The number of halogens is 1. The van der Waals surface area contributed by atoms with E-state index >= 15 is 0 Å². The first kappa shape index (κ1) is 24.1. The number of rotatable bonds is 8. The highest BCUT2D eigenvalue weighted by atomic mass is 127. The van der Waals surface area contributed by atoms with Gasteiger partial charge in [-0.15, -0.1) is 24.0 Å². The van der Waals surface area contributed by atoms with Crippen LogP contribution in [0.4, 0.5) is 0 Å². The van der Waals surface area contributed by atoms with Gasteiger partial charge >= 0.3 is 0 Å². The Kier molecular flexibility index (Phi) is 10.1. The fourth-order valence-corrected chi connectivity index (χ4v) is 2.84. The van der Waals surface area contributed by atoms with Crippen molar-refractivity contribution in [2.75, 3.05) is 20.3 Å². The number of benzene rings is 1. The Balaban J connectivity index is 0.00000392. The second-order valence-corrected chi connectivity index (χ2v) is 6.24. The predicted octanol–water partition coefficient (Wildman–Crippen LogP) is 3.32. The van der Waals surface area contributed by atoms with Crippen LogP contribution in [0.3, 0.4) is 0 Å². The van der Waals surface area contributed by atoms with Crippen LogP contribution in [0.5, 0.6) is 11.5 Å². The van der Waals surface area contributed by atoms with Crippen LogP contribution in [0.2, 0.25) is 0 Å². The zero-order valence-corrected chi connectivity index (χ0v) is 20.0. The van der Waals surface area contributed by atoms with Gasteiger partial charge in [0.15, 0.2) is 17.5 Å². The Morgan fingerprint density at radius 3 is 2.50 bits per heavy atom. The Labute approximate surface area is 184 Å². The van der Waals surface area contributed by atoms with E-state index in [4.69, 9.17) is 9.47 Å². The van der Waals surface area contributed by atoms with Gasteiger partial charge in [-0.3, -0.25) is 4.68 Å². The minimum atomic E-state index is 0. The van der Waals surface area contributed by atoms with Crippen molar-refractivity contribution in [2.24, 2.45) is 12.0 Å². The van der Waals surface area contributed by atoms with Gasteiger partial charge in [0.25, 0.3) is 0 Å². The number of aromatic nitrogens is 2. The molecule has 1 aromatic carbocycles. The van der Waals surface area contributed by atoms with Gasteiger partial charge in [0.05, 0.1) is 26.0 Å². The monoisotopic (exact) mass is 501 g/mol. The molecule has 0 spiro atoms. The lowest BCUT2D eigenvalue weighted by atomic mass is 10.2. The number of hydrogen-bond acceptors (Lipinski definition) is 4. The van der Waals surface area contributed by atoms with Crippen LogP contribution in [0.25, 0.3) is 0 Å². The van der Waals surface area contributed by atoms with E-state index in [9.17, 15) is 0 Å². The number of aryl methyl sites for hydroxylation is 2. The SMILES string of the molecule is CCNC(=NCc1ccc(OCC)c(OC)c1)NCc1c(C)nn(C)c1C.I. The fraction of sp³-hybridized carbons (Fsp3) is 0.500. The minimum Gasteiger partial charge on any atom is -0.493 e. The van der Waals surface area contributed by atoms with E-state index in [1.807, 2.05) is 43.8 Å². The third-order valence-corrected chi connectivity index (χ3v) is 4.38. The van der Waals surface area contributed by atoms with Crippen LogP contribution in [0.1, 0.15) is 36.4 Å². The lowest BCUT2D eigenvalue weighted by molar-refractivity contribution is 0.310. The molecule has 1 aromatic heterocycles. The molecule has 1 heterocycles. The van der Waals surface area contributed by atoms with Crippen molar-refractivity contribution < 1.29 is 9.47 Å². The third-order valence-electron chi connectivity index (χ3n) is 4.38. The van der Waals surface area contributed by atoms with Gasteiger partial charge < -0.3 is 20.1 Å². The van der Waals surface area contributed by atoms with Gasteiger partial charge in [-0.25, -0.2) is 4.99 Å². The normalized spacial score (nSPS) is 11.0. The van der Waals surface area contributed by atoms with Gasteiger partial charge in [-0.1, -0.05) is 6.07 Å². The molecule has 0 bridgehead atoms. The Bertz CT molecular complexity index is 789. The van der Waals surface area contributed by atoms with Crippen molar-refractivity contribution in [1.29, 1.82) is 0 Å². The topological polar surface area (TPSA) is 72.7 Å². The summed E-state index contributed by atoms with van der Waals surface area (Å²) in [5.41, 5.74) is 4.45. The van der Waals surface area contributed by atoms with Crippen molar-refractivity contribution in [3.63, 3.8) is 0 Å². The molecule has 0 aliphatic heterocycles. The summed E-state index contributed by atoms with van der Waals surface area (Å²) >= 11 is 0. The number of aliphatic imine (C=N–C) groups is 1. The summed E-state index contributed by atoms with van der Waals surface area (Å²) in [6.45, 7) is 10.7. The minimum absolute atomic E-state index is 0. The van der Waals surface area contributed by atoms with E-state index in [0.29, 0.717) is 19.7 Å². The summed E-state index contributed by atoms with van der Waals surface area (Å²) in [5.74, 6) is 2.25. The van der Waals surface area contributed by atoms with E-state index in [2.05, 4.69) is 34.6 Å². The largest absolute Gasteiger partial charge is 0.493 e. The maximum atomic E-state index is 5.57. The summed E-state index contributed by atoms with van der Waals surface area (Å²) in [4.78, 5) is 4.69. The van der Waals surface area contributed by atoms with Crippen LogP contribution in [-0.2, 0) is 20.1 Å². The highest BCUT2D eigenvalue weighted by Crippen LogP contribution is 2.28. The van der Waals surface area contributed by atoms with E-state index in [1.165, 1.54) is 5.56 Å². The van der Waals surface area contributed by atoms with Crippen molar-refractivity contribution in [2.45, 2.75) is 40.8 Å². The lowest BCUT2D eigenvalue weighted by Crippen LogP contribution is -2.37. The zero-order valence-electron chi connectivity index (χ0n) is 17.6. The fourth-order valence-electron chi connectivity index (χ4n) is 2.84. The van der Waals surface area contributed by atoms with Crippen molar-refractivity contribution in [1.82, 2.24) is 20.4 Å². The standard InChI is InChI=1S/C20H31N5O2.HI/c1-7-21-20(23-13-17-14(3)24-25(5)15(17)4)22-12-16-9-10-18(27-8-2)19(11-16)26-6;/h9-11H,7-8,12-13H2,1-6H3,(H2,21,22,23);1H. The molecule has 0 aliphatic rings. The van der Waals surface area contributed by atoms with Gasteiger partial charge in [0.1, 0.15) is 0 Å². The molecule has 0 aliphatic carbocycles. The molecule has 0 fully saturated rings. The van der Waals surface area contributed by atoms with E-state index in [-0.39, 0.29) is 24.0 Å². The van der Waals surface area contributed by atoms with Crippen LogP contribution < -0.4 is 20.1 Å². The summed E-state index contributed by atoms with van der Waals surface area (Å²) in [6, 6.07) is 5.90. The number of nitrogens with one attached hydrogen (secondary N) is 2. The highest BCUT2D eigenvalue weighted by Gasteiger charge is 2.10. The van der Waals surface area contributed by atoms with Crippen LogP contribution in [-0.4, -0.2) is 36.0 Å². The summed E-state index contributed by atoms with van der Waals surface area (Å²) in [7, 11) is 3.61. The first-order valence-electron chi connectivity index (χ1n) is 9.31. The second kappa shape index (κ2) is 11.8. The van der Waals surface area contributed by atoms with Crippen molar-refractivity contribution in [3.05, 3.63) is 40.7 Å². The molecule has 28 heavy (non-hydrogen) atoms. The molecule has 2 aromatic rings. The van der Waals surface area contributed by atoms with Crippen molar-refractivity contribution >= 4 is 29.9 Å². The number of guanidine groups is 1. The number of ether oxygens (including phenoxy) is 2. The van der Waals surface area contributed by atoms with Gasteiger partial charge in [-0.05, 0) is 45.4 Å². The first-order valence-corrected chi connectivity index (χ1v) is 9.31. The number of hydrogen-bond donors (Lipinski definition) is 2. The van der Waals surface area contributed by atoms with Gasteiger partial charge in [0.2, 0.25) is 0 Å².